The van der Waals surface area contributed by atoms with Gasteiger partial charge in [0.15, 0.2) is 6.10 Å². The number of halogens is 2. The first-order chi connectivity index (χ1) is 11.5. The molecule has 3 nitrogen and oxygen atoms in total. The second-order valence-electron chi connectivity index (χ2n) is 5.69. The predicted molar refractivity (Wildman–Crippen MR) is 94.0 cm³/mol. The zero-order valence-corrected chi connectivity index (χ0v) is 14.6. The second kappa shape index (κ2) is 8.69. The summed E-state index contributed by atoms with van der Waals surface area (Å²) in [6.07, 6.45) is 0.979. The molecule has 1 atom stereocenters. The molecule has 0 unspecified atom stereocenters. The fraction of sp³-hybridized carbons (Fsp3) is 0.316. The van der Waals surface area contributed by atoms with Crippen molar-refractivity contribution >= 4 is 17.5 Å². The topological polar surface area (TPSA) is 38.3 Å². The largest absolute Gasteiger partial charge is 0.481 e. The van der Waals surface area contributed by atoms with Gasteiger partial charge in [-0.3, -0.25) is 4.79 Å². The Bertz CT molecular complexity index is 688. The van der Waals surface area contributed by atoms with Crippen LogP contribution in [0.1, 0.15) is 24.5 Å². The van der Waals surface area contributed by atoms with Crippen molar-refractivity contribution in [2.75, 3.05) is 6.54 Å². The van der Waals surface area contributed by atoms with Gasteiger partial charge in [0.05, 0.1) is 0 Å². The van der Waals surface area contributed by atoms with Crippen molar-refractivity contribution in [3.63, 3.8) is 0 Å². The Balaban J connectivity index is 1.73. The molecule has 128 valence electrons. The summed E-state index contributed by atoms with van der Waals surface area (Å²) in [6.45, 7) is 4.14. The average molecular weight is 350 g/mol. The Morgan fingerprint density at radius 2 is 1.96 bits per heavy atom. The van der Waals surface area contributed by atoms with Gasteiger partial charge in [-0.15, -0.1) is 0 Å². The van der Waals surface area contributed by atoms with Crippen LogP contribution in [-0.2, 0) is 11.2 Å². The minimum Gasteiger partial charge on any atom is -0.481 e. The molecule has 0 aliphatic carbocycles. The summed E-state index contributed by atoms with van der Waals surface area (Å²) in [5.74, 6) is 0.211. The number of benzene rings is 2. The maximum absolute atomic E-state index is 12.8. The molecular weight excluding hydrogens is 329 g/mol. The zero-order chi connectivity index (χ0) is 17.5. The molecule has 0 bridgehead atoms. The molecule has 24 heavy (non-hydrogen) atoms. The number of amides is 1. The molecule has 0 aliphatic heterocycles. The Kier molecular flexibility index (Phi) is 6.62. The average Bonchev–Trinajstić information content (AvgIpc) is 2.56. The molecule has 0 aliphatic rings. The summed E-state index contributed by atoms with van der Waals surface area (Å²) in [5.41, 5.74) is 1.95. The van der Waals surface area contributed by atoms with E-state index in [2.05, 4.69) is 5.32 Å². The monoisotopic (exact) mass is 349 g/mol. The van der Waals surface area contributed by atoms with Crippen molar-refractivity contribution in [3.05, 3.63) is 64.4 Å². The first-order valence-electron chi connectivity index (χ1n) is 7.90. The minimum atomic E-state index is -0.587. The van der Waals surface area contributed by atoms with Gasteiger partial charge in [-0.25, -0.2) is 4.39 Å². The highest BCUT2D eigenvalue weighted by Crippen LogP contribution is 2.21. The lowest BCUT2D eigenvalue weighted by Crippen LogP contribution is -2.36. The summed E-state index contributed by atoms with van der Waals surface area (Å²) < 4.78 is 18.4. The molecule has 0 aromatic heterocycles. The zero-order valence-electron chi connectivity index (χ0n) is 13.8. The maximum Gasteiger partial charge on any atom is 0.260 e. The number of hydrogen-bond donors (Lipinski definition) is 1. The molecule has 2 rings (SSSR count). The number of ether oxygens (including phenoxy) is 1. The number of aryl methyl sites for hydroxylation is 2. The van der Waals surface area contributed by atoms with Gasteiger partial charge < -0.3 is 10.1 Å². The van der Waals surface area contributed by atoms with Gasteiger partial charge in [0.2, 0.25) is 0 Å². The normalized spacial score (nSPS) is 11.8. The van der Waals surface area contributed by atoms with E-state index in [1.54, 1.807) is 37.3 Å². The van der Waals surface area contributed by atoms with Gasteiger partial charge in [-0.05, 0) is 68.1 Å². The van der Waals surface area contributed by atoms with E-state index in [0.29, 0.717) is 17.3 Å². The van der Waals surface area contributed by atoms with Crippen molar-refractivity contribution in [3.8, 4) is 5.75 Å². The lowest BCUT2D eigenvalue weighted by atomic mass is 10.1. The quantitative estimate of drug-likeness (QED) is 0.757. The first kappa shape index (κ1) is 18.3. The first-order valence-corrected chi connectivity index (χ1v) is 8.28. The van der Waals surface area contributed by atoms with Crippen LogP contribution in [0.15, 0.2) is 42.5 Å². The summed E-state index contributed by atoms with van der Waals surface area (Å²) in [5, 5.41) is 3.51. The third kappa shape index (κ3) is 5.53. The Morgan fingerprint density at radius 3 is 2.62 bits per heavy atom. The third-order valence-corrected chi connectivity index (χ3v) is 4.09. The third-order valence-electron chi connectivity index (χ3n) is 3.67. The van der Waals surface area contributed by atoms with Crippen LogP contribution in [0.4, 0.5) is 4.39 Å². The van der Waals surface area contributed by atoms with E-state index < -0.39 is 6.10 Å². The molecule has 2 aromatic rings. The highest BCUT2D eigenvalue weighted by atomic mass is 35.5. The molecule has 1 amide bonds. The highest BCUT2D eigenvalue weighted by Gasteiger charge is 2.14. The van der Waals surface area contributed by atoms with Gasteiger partial charge >= 0.3 is 0 Å². The molecule has 2 aromatic carbocycles. The number of carbonyl (C=O) groups excluding carboxylic acids is 1. The molecular formula is C19H21ClFNO2. The number of nitrogens with one attached hydrogen (secondary N) is 1. The summed E-state index contributed by atoms with van der Waals surface area (Å²) in [7, 11) is 0. The molecule has 0 heterocycles. The van der Waals surface area contributed by atoms with Gasteiger partial charge in [0.25, 0.3) is 5.91 Å². The van der Waals surface area contributed by atoms with Gasteiger partial charge in [-0.2, -0.15) is 0 Å². The van der Waals surface area contributed by atoms with Crippen LogP contribution in [0.25, 0.3) is 0 Å². The molecule has 0 saturated heterocycles. The van der Waals surface area contributed by atoms with Crippen molar-refractivity contribution in [2.24, 2.45) is 0 Å². The number of rotatable bonds is 7. The standard InChI is InChI=1S/C19H21ClFNO2/c1-13-12-17(9-10-18(13)20)24-14(2)19(23)22-11-3-4-15-5-7-16(21)8-6-15/h5-10,12,14H,3-4,11H2,1-2H3,(H,22,23)/t14-/m1/s1. The lowest BCUT2D eigenvalue weighted by molar-refractivity contribution is -0.127. The molecule has 1 N–H and O–H groups in total. The van der Waals surface area contributed by atoms with Crippen LogP contribution in [0.2, 0.25) is 5.02 Å². The van der Waals surface area contributed by atoms with Crippen molar-refractivity contribution in [1.82, 2.24) is 5.32 Å². The van der Waals surface area contributed by atoms with E-state index in [0.717, 1.165) is 24.0 Å². The number of carbonyl (C=O) groups is 1. The summed E-state index contributed by atoms with van der Waals surface area (Å²) >= 11 is 5.97. The summed E-state index contributed by atoms with van der Waals surface area (Å²) in [6, 6.07) is 11.7. The van der Waals surface area contributed by atoms with Crippen LogP contribution < -0.4 is 10.1 Å². The van der Waals surface area contributed by atoms with E-state index in [1.807, 2.05) is 6.92 Å². The minimum absolute atomic E-state index is 0.165. The van der Waals surface area contributed by atoms with Crippen molar-refractivity contribution in [2.45, 2.75) is 32.8 Å². The Labute approximate surface area is 146 Å². The van der Waals surface area contributed by atoms with Gasteiger partial charge in [0.1, 0.15) is 11.6 Å². The van der Waals surface area contributed by atoms with Gasteiger partial charge in [0, 0.05) is 11.6 Å². The summed E-state index contributed by atoms with van der Waals surface area (Å²) in [4.78, 5) is 12.0. The van der Waals surface area contributed by atoms with Crippen LogP contribution in [0, 0.1) is 12.7 Å². The highest BCUT2D eigenvalue weighted by molar-refractivity contribution is 6.31. The van der Waals surface area contributed by atoms with E-state index in [-0.39, 0.29) is 11.7 Å². The van der Waals surface area contributed by atoms with E-state index in [1.165, 1.54) is 12.1 Å². The van der Waals surface area contributed by atoms with Crippen molar-refractivity contribution in [1.29, 1.82) is 0 Å². The fourth-order valence-corrected chi connectivity index (χ4v) is 2.36. The number of hydrogen-bond acceptors (Lipinski definition) is 2. The molecule has 0 radical (unpaired) electrons. The van der Waals surface area contributed by atoms with E-state index in [9.17, 15) is 9.18 Å². The van der Waals surface area contributed by atoms with E-state index in [4.69, 9.17) is 16.3 Å². The maximum atomic E-state index is 12.8. The van der Waals surface area contributed by atoms with Crippen LogP contribution in [0.5, 0.6) is 5.75 Å². The van der Waals surface area contributed by atoms with Crippen molar-refractivity contribution < 1.29 is 13.9 Å². The smallest absolute Gasteiger partial charge is 0.260 e. The Hall–Kier alpha value is -2.07. The molecule has 5 heteroatoms. The lowest BCUT2D eigenvalue weighted by Gasteiger charge is -2.15. The second-order valence-corrected chi connectivity index (χ2v) is 6.10. The molecule has 0 fully saturated rings. The molecule has 0 saturated carbocycles. The van der Waals surface area contributed by atoms with E-state index >= 15 is 0 Å². The van der Waals surface area contributed by atoms with Gasteiger partial charge in [-0.1, -0.05) is 23.7 Å². The molecule has 0 spiro atoms. The predicted octanol–water partition coefficient (Wildman–Crippen LogP) is 4.30. The van der Waals surface area contributed by atoms with Crippen LogP contribution >= 0.6 is 11.6 Å². The Morgan fingerprint density at radius 1 is 1.25 bits per heavy atom. The van der Waals surface area contributed by atoms with Crippen LogP contribution in [0.3, 0.4) is 0 Å². The fourth-order valence-electron chi connectivity index (χ4n) is 2.25. The SMILES string of the molecule is Cc1cc(O[C@H](C)C(=O)NCCCc2ccc(F)cc2)ccc1Cl. The van der Waals surface area contributed by atoms with Crippen LogP contribution in [-0.4, -0.2) is 18.6 Å².